The van der Waals surface area contributed by atoms with Gasteiger partial charge in [0.1, 0.15) is 38.5 Å². The summed E-state index contributed by atoms with van der Waals surface area (Å²) < 4.78 is 5.76. The molecule has 0 unspecified atom stereocenters. The zero-order valence-corrected chi connectivity index (χ0v) is 17.3. The summed E-state index contributed by atoms with van der Waals surface area (Å²) in [7, 11) is 0. The fourth-order valence-electron chi connectivity index (χ4n) is 3.95. The molecule has 1 fully saturated rings. The second-order valence-corrected chi connectivity index (χ2v) is 7.71. The molecule has 5 nitrogen and oxygen atoms in total. The van der Waals surface area contributed by atoms with E-state index in [-0.39, 0.29) is 5.91 Å². The molecule has 1 amide bonds. The standard InChI is InChI=1S/C23H31N3O2/c1-4-28-21-11-6-5-10-20(21)16-25-12-14-26(15-13-25)17-22(27)24-23-18(2)8-7-9-19(23)3/h5-11H,4,12-17H2,1-3H3,(H,24,27)/p+2. The van der Waals surface area contributed by atoms with E-state index in [0.717, 1.165) is 55.3 Å². The second-order valence-electron chi connectivity index (χ2n) is 7.71. The third-order valence-electron chi connectivity index (χ3n) is 5.53. The molecular formula is C23H33N3O2+2. The predicted octanol–water partition coefficient (Wildman–Crippen LogP) is 0.624. The Morgan fingerprint density at radius 2 is 1.61 bits per heavy atom. The molecule has 0 bridgehead atoms. The van der Waals surface area contributed by atoms with Crippen LogP contribution in [0.15, 0.2) is 42.5 Å². The van der Waals surface area contributed by atoms with Crippen molar-refractivity contribution in [3.8, 4) is 5.75 Å². The van der Waals surface area contributed by atoms with Gasteiger partial charge in [-0.15, -0.1) is 0 Å². The van der Waals surface area contributed by atoms with Crippen LogP contribution in [0.25, 0.3) is 0 Å². The van der Waals surface area contributed by atoms with E-state index in [9.17, 15) is 4.79 Å². The van der Waals surface area contributed by atoms with Crippen LogP contribution in [0.4, 0.5) is 5.69 Å². The van der Waals surface area contributed by atoms with Gasteiger partial charge in [0.05, 0.1) is 6.61 Å². The van der Waals surface area contributed by atoms with Crippen LogP contribution in [-0.4, -0.2) is 45.2 Å². The summed E-state index contributed by atoms with van der Waals surface area (Å²) in [6.07, 6.45) is 0. The van der Waals surface area contributed by atoms with Crippen molar-refractivity contribution in [2.45, 2.75) is 27.3 Å². The number of benzene rings is 2. The zero-order valence-electron chi connectivity index (χ0n) is 17.3. The number of aryl methyl sites for hydroxylation is 2. The van der Waals surface area contributed by atoms with Gasteiger partial charge in [0.25, 0.3) is 5.91 Å². The molecule has 2 aromatic rings. The molecule has 28 heavy (non-hydrogen) atoms. The number of hydrogen-bond acceptors (Lipinski definition) is 2. The van der Waals surface area contributed by atoms with Gasteiger partial charge in [-0.1, -0.05) is 30.3 Å². The molecule has 1 aliphatic rings. The van der Waals surface area contributed by atoms with Crippen molar-refractivity contribution in [1.29, 1.82) is 0 Å². The summed E-state index contributed by atoms with van der Waals surface area (Å²) in [4.78, 5) is 15.4. The number of amides is 1. The van der Waals surface area contributed by atoms with Crippen LogP contribution >= 0.6 is 0 Å². The average Bonchev–Trinajstić information content (AvgIpc) is 2.68. The predicted molar refractivity (Wildman–Crippen MR) is 112 cm³/mol. The fraction of sp³-hybridized carbons (Fsp3) is 0.435. The maximum atomic E-state index is 12.5. The largest absolute Gasteiger partial charge is 0.493 e. The molecule has 0 spiro atoms. The van der Waals surface area contributed by atoms with Crippen LogP contribution in [0.2, 0.25) is 0 Å². The number of piperazine rings is 1. The first-order valence-corrected chi connectivity index (χ1v) is 10.3. The summed E-state index contributed by atoms with van der Waals surface area (Å²) >= 11 is 0. The minimum Gasteiger partial charge on any atom is -0.493 e. The van der Waals surface area contributed by atoms with Crippen molar-refractivity contribution in [2.24, 2.45) is 0 Å². The molecule has 0 aromatic heterocycles. The Kier molecular flexibility index (Phi) is 7.06. The first-order valence-electron chi connectivity index (χ1n) is 10.3. The monoisotopic (exact) mass is 383 g/mol. The first-order chi connectivity index (χ1) is 13.6. The van der Waals surface area contributed by atoms with Crippen molar-refractivity contribution < 1.29 is 19.3 Å². The number of quaternary nitrogens is 2. The third kappa shape index (κ3) is 5.33. The molecule has 3 N–H and O–H groups in total. The Morgan fingerprint density at radius 1 is 0.964 bits per heavy atom. The van der Waals surface area contributed by atoms with E-state index in [1.165, 1.54) is 10.5 Å². The summed E-state index contributed by atoms with van der Waals surface area (Å²) in [5, 5.41) is 3.12. The Hall–Kier alpha value is -2.37. The molecule has 3 rings (SSSR count). The Balaban J connectivity index is 1.48. The highest BCUT2D eigenvalue weighted by Gasteiger charge is 2.25. The maximum Gasteiger partial charge on any atom is 0.279 e. The van der Waals surface area contributed by atoms with Crippen molar-refractivity contribution in [3.05, 3.63) is 59.2 Å². The maximum absolute atomic E-state index is 12.5. The molecule has 0 radical (unpaired) electrons. The molecular weight excluding hydrogens is 350 g/mol. The second kappa shape index (κ2) is 9.71. The van der Waals surface area contributed by atoms with Gasteiger partial charge in [0.15, 0.2) is 6.54 Å². The van der Waals surface area contributed by atoms with Gasteiger partial charge in [0, 0.05) is 11.3 Å². The molecule has 0 atom stereocenters. The van der Waals surface area contributed by atoms with Crippen molar-refractivity contribution in [2.75, 3.05) is 44.6 Å². The van der Waals surface area contributed by atoms with E-state index in [2.05, 4.69) is 23.5 Å². The lowest BCUT2D eigenvalue weighted by Crippen LogP contribution is -3.28. The highest BCUT2D eigenvalue weighted by Crippen LogP contribution is 2.19. The highest BCUT2D eigenvalue weighted by molar-refractivity contribution is 5.93. The number of carbonyl (C=O) groups excluding carboxylic acids is 1. The Morgan fingerprint density at radius 3 is 2.29 bits per heavy atom. The third-order valence-corrected chi connectivity index (χ3v) is 5.53. The van der Waals surface area contributed by atoms with E-state index in [4.69, 9.17) is 4.74 Å². The first kappa shape index (κ1) is 20.4. The molecule has 150 valence electrons. The SMILES string of the molecule is CCOc1ccccc1C[NH+]1CC[NH+](CC(=O)Nc2c(C)cccc2C)CC1. The van der Waals surface area contributed by atoms with Crippen molar-refractivity contribution >= 4 is 11.6 Å². The van der Waals surface area contributed by atoms with Gasteiger partial charge in [-0.25, -0.2) is 0 Å². The van der Waals surface area contributed by atoms with Crippen molar-refractivity contribution in [3.63, 3.8) is 0 Å². The molecule has 1 saturated heterocycles. The average molecular weight is 384 g/mol. The van der Waals surface area contributed by atoms with Crippen LogP contribution in [0, 0.1) is 13.8 Å². The van der Waals surface area contributed by atoms with Gasteiger partial charge in [-0.2, -0.15) is 0 Å². The number of hydrogen-bond donors (Lipinski definition) is 3. The molecule has 2 aromatic carbocycles. The lowest BCUT2D eigenvalue weighted by atomic mass is 10.1. The lowest BCUT2D eigenvalue weighted by Gasteiger charge is -2.29. The van der Waals surface area contributed by atoms with E-state index >= 15 is 0 Å². The summed E-state index contributed by atoms with van der Waals surface area (Å²) in [6, 6.07) is 14.4. The number of carbonyl (C=O) groups is 1. The van der Waals surface area contributed by atoms with Gasteiger partial charge in [0.2, 0.25) is 0 Å². The normalized spacial score (nSPS) is 19.2. The molecule has 5 heteroatoms. The number of anilines is 1. The molecule has 1 heterocycles. The number of ether oxygens (including phenoxy) is 1. The molecule has 1 aliphatic heterocycles. The number of nitrogens with one attached hydrogen (secondary N) is 3. The summed E-state index contributed by atoms with van der Waals surface area (Å²) in [5.41, 5.74) is 4.47. The molecule has 0 aliphatic carbocycles. The topological polar surface area (TPSA) is 47.2 Å². The van der Waals surface area contributed by atoms with Crippen LogP contribution < -0.4 is 19.9 Å². The lowest BCUT2D eigenvalue weighted by molar-refractivity contribution is -1.02. The Labute approximate surface area is 168 Å². The van der Waals surface area contributed by atoms with Gasteiger partial charge in [-0.05, 0) is 44.0 Å². The zero-order chi connectivity index (χ0) is 19.9. The number of para-hydroxylation sites is 2. The Bertz CT molecular complexity index is 778. The van der Waals surface area contributed by atoms with Crippen molar-refractivity contribution in [1.82, 2.24) is 0 Å². The summed E-state index contributed by atoms with van der Waals surface area (Å²) in [5.74, 6) is 1.11. The van der Waals surface area contributed by atoms with E-state index in [0.29, 0.717) is 13.2 Å². The van der Waals surface area contributed by atoms with Crippen LogP contribution in [0.3, 0.4) is 0 Å². The van der Waals surface area contributed by atoms with Crippen LogP contribution in [-0.2, 0) is 11.3 Å². The van der Waals surface area contributed by atoms with Gasteiger partial charge in [-0.3, -0.25) is 4.79 Å². The minimum absolute atomic E-state index is 0.109. The number of rotatable bonds is 7. The van der Waals surface area contributed by atoms with Crippen LogP contribution in [0.1, 0.15) is 23.6 Å². The van der Waals surface area contributed by atoms with Crippen LogP contribution in [0.5, 0.6) is 5.75 Å². The highest BCUT2D eigenvalue weighted by atomic mass is 16.5. The fourth-order valence-corrected chi connectivity index (χ4v) is 3.95. The van der Waals surface area contributed by atoms with E-state index < -0.39 is 0 Å². The minimum atomic E-state index is 0.109. The van der Waals surface area contributed by atoms with Gasteiger partial charge < -0.3 is 19.9 Å². The van der Waals surface area contributed by atoms with E-state index in [1.54, 1.807) is 4.90 Å². The quantitative estimate of drug-likeness (QED) is 0.657. The van der Waals surface area contributed by atoms with E-state index in [1.807, 2.05) is 45.0 Å². The molecule has 0 saturated carbocycles. The smallest absolute Gasteiger partial charge is 0.279 e. The summed E-state index contributed by atoms with van der Waals surface area (Å²) in [6.45, 7) is 12.5. The van der Waals surface area contributed by atoms with Gasteiger partial charge >= 0.3 is 0 Å².